The lowest BCUT2D eigenvalue weighted by atomic mass is 10.2. The van der Waals surface area contributed by atoms with Crippen molar-refractivity contribution < 1.29 is 4.74 Å². The zero-order chi connectivity index (χ0) is 17.8. The largest absolute Gasteiger partial charge is 0.495 e. The van der Waals surface area contributed by atoms with Crippen LogP contribution in [-0.2, 0) is 0 Å². The van der Waals surface area contributed by atoms with E-state index in [-0.39, 0.29) is 0 Å². The Morgan fingerprint density at radius 2 is 1.62 bits per heavy atom. The molecule has 2 heterocycles. The molecule has 1 saturated heterocycles. The van der Waals surface area contributed by atoms with E-state index in [4.69, 9.17) is 14.7 Å². The summed E-state index contributed by atoms with van der Waals surface area (Å²) in [6.07, 6.45) is 5.03. The molecule has 5 nitrogen and oxygen atoms in total. The normalized spacial score (nSPS) is 14.9. The number of anilines is 3. The number of nitrogens with zero attached hydrogens (tertiary/aromatic N) is 3. The van der Waals surface area contributed by atoms with Gasteiger partial charge in [0.05, 0.1) is 18.3 Å². The number of ether oxygens (including phenoxy) is 1. The van der Waals surface area contributed by atoms with Gasteiger partial charge in [-0.3, -0.25) is 0 Å². The molecule has 0 atom stereocenters. The highest BCUT2D eigenvalue weighted by atomic mass is 16.5. The van der Waals surface area contributed by atoms with E-state index in [0.717, 1.165) is 41.2 Å². The average Bonchev–Trinajstić information content (AvgIpc) is 2.97. The monoisotopic (exact) mass is 348 g/mol. The van der Waals surface area contributed by atoms with Gasteiger partial charge in [-0.05, 0) is 37.1 Å². The molecule has 0 amide bonds. The van der Waals surface area contributed by atoms with Gasteiger partial charge in [0.1, 0.15) is 11.6 Å². The van der Waals surface area contributed by atoms with E-state index >= 15 is 0 Å². The second kappa shape index (κ2) is 7.60. The van der Waals surface area contributed by atoms with Gasteiger partial charge in [-0.25, -0.2) is 4.98 Å². The van der Waals surface area contributed by atoms with Crippen molar-refractivity contribution in [1.82, 2.24) is 9.97 Å². The Hall–Kier alpha value is -2.82. The maximum absolute atomic E-state index is 5.44. The molecule has 4 rings (SSSR count). The summed E-state index contributed by atoms with van der Waals surface area (Å²) in [4.78, 5) is 12.0. The number of para-hydroxylation sites is 3. The van der Waals surface area contributed by atoms with E-state index in [1.165, 1.54) is 25.7 Å². The topological polar surface area (TPSA) is 50.3 Å². The van der Waals surface area contributed by atoms with Crippen LogP contribution in [0.2, 0.25) is 0 Å². The molecule has 26 heavy (non-hydrogen) atoms. The van der Waals surface area contributed by atoms with Crippen LogP contribution in [0.3, 0.4) is 0 Å². The molecule has 0 radical (unpaired) electrons. The van der Waals surface area contributed by atoms with E-state index in [1.807, 2.05) is 36.4 Å². The zero-order valence-corrected chi connectivity index (χ0v) is 15.1. The minimum Gasteiger partial charge on any atom is -0.495 e. The predicted octanol–water partition coefficient (Wildman–Crippen LogP) is 4.76. The van der Waals surface area contributed by atoms with Gasteiger partial charge in [0, 0.05) is 18.5 Å². The van der Waals surface area contributed by atoms with Crippen molar-refractivity contribution in [2.45, 2.75) is 25.7 Å². The Morgan fingerprint density at radius 3 is 2.42 bits per heavy atom. The van der Waals surface area contributed by atoms with E-state index in [1.54, 1.807) is 7.11 Å². The number of hydrogen-bond donors (Lipinski definition) is 1. The summed E-state index contributed by atoms with van der Waals surface area (Å²) in [7, 11) is 1.67. The third kappa shape index (κ3) is 3.43. The molecule has 1 fully saturated rings. The van der Waals surface area contributed by atoms with Gasteiger partial charge in [0.2, 0.25) is 5.95 Å². The second-order valence-electron chi connectivity index (χ2n) is 6.61. The number of nitrogens with one attached hydrogen (secondary N) is 1. The summed E-state index contributed by atoms with van der Waals surface area (Å²) in [5.41, 5.74) is 1.83. The van der Waals surface area contributed by atoms with Crippen LogP contribution in [0.4, 0.5) is 17.5 Å². The second-order valence-corrected chi connectivity index (χ2v) is 6.61. The van der Waals surface area contributed by atoms with Crippen molar-refractivity contribution in [1.29, 1.82) is 0 Å². The molecule has 2 aromatic carbocycles. The Kier molecular flexibility index (Phi) is 4.86. The van der Waals surface area contributed by atoms with Crippen LogP contribution in [0, 0.1) is 0 Å². The number of methoxy groups -OCH3 is 1. The van der Waals surface area contributed by atoms with Crippen molar-refractivity contribution in [3.63, 3.8) is 0 Å². The Bertz CT molecular complexity index is 888. The van der Waals surface area contributed by atoms with Gasteiger partial charge in [-0.2, -0.15) is 4.98 Å². The fourth-order valence-electron chi connectivity index (χ4n) is 3.51. The Labute approximate surface area is 154 Å². The molecule has 0 unspecified atom stereocenters. The molecular weight excluding hydrogens is 324 g/mol. The molecular formula is C21H24N4O. The fraction of sp³-hybridized carbons (Fsp3) is 0.333. The highest BCUT2D eigenvalue weighted by molar-refractivity contribution is 5.91. The van der Waals surface area contributed by atoms with E-state index in [0.29, 0.717) is 5.95 Å². The minimum atomic E-state index is 0.604. The molecule has 5 heteroatoms. The van der Waals surface area contributed by atoms with Crippen LogP contribution in [-0.4, -0.2) is 30.2 Å². The van der Waals surface area contributed by atoms with Gasteiger partial charge in [0.15, 0.2) is 0 Å². The van der Waals surface area contributed by atoms with Gasteiger partial charge < -0.3 is 15.0 Å². The average molecular weight is 348 g/mol. The first kappa shape index (κ1) is 16.6. The number of benzene rings is 2. The van der Waals surface area contributed by atoms with Crippen LogP contribution in [0.5, 0.6) is 5.75 Å². The Balaban J connectivity index is 1.76. The van der Waals surface area contributed by atoms with E-state index in [9.17, 15) is 0 Å². The summed E-state index contributed by atoms with van der Waals surface area (Å²) in [6, 6.07) is 16.1. The van der Waals surface area contributed by atoms with Crippen LogP contribution in [0.25, 0.3) is 10.9 Å². The van der Waals surface area contributed by atoms with Crippen molar-refractivity contribution in [2.75, 3.05) is 30.4 Å². The quantitative estimate of drug-likeness (QED) is 0.736. The highest BCUT2D eigenvalue weighted by Gasteiger charge is 2.16. The molecule has 1 N–H and O–H groups in total. The van der Waals surface area contributed by atoms with Crippen molar-refractivity contribution in [3.05, 3.63) is 48.5 Å². The molecule has 134 valence electrons. The highest BCUT2D eigenvalue weighted by Crippen LogP contribution is 2.30. The minimum absolute atomic E-state index is 0.604. The lowest BCUT2D eigenvalue weighted by Gasteiger charge is -2.23. The summed E-state index contributed by atoms with van der Waals surface area (Å²) < 4.78 is 5.44. The first-order chi connectivity index (χ1) is 12.8. The van der Waals surface area contributed by atoms with Crippen LogP contribution in [0.15, 0.2) is 48.5 Å². The smallest absolute Gasteiger partial charge is 0.229 e. The molecule has 3 aromatic rings. The van der Waals surface area contributed by atoms with E-state index < -0.39 is 0 Å². The van der Waals surface area contributed by atoms with Crippen LogP contribution in [0.1, 0.15) is 25.7 Å². The van der Waals surface area contributed by atoms with Gasteiger partial charge in [0.25, 0.3) is 0 Å². The molecule has 1 aromatic heterocycles. The van der Waals surface area contributed by atoms with Gasteiger partial charge >= 0.3 is 0 Å². The van der Waals surface area contributed by atoms with Crippen molar-refractivity contribution in [3.8, 4) is 5.75 Å². The molecule has 1 aliphatic heterocycles. The standard InChI is InChI=1S/C21H24N4O/c1-26-19-13-7-6-12-18(19)23-21-22-17-11-5-4-10-16(17)20(24-21)25-14-8-2-3-9-15-25/h4-7,10-13H,2-3,8-9,14-15H2,1H3,(H,22,23,24). The third-order valence-corrected chi connectivity index (χ3v) is 4.84. The lowest BCUT2D eigenvalue weighted by Crippen LogP contribution is -2.25. The number of aromatic nitrogens is 2. The molecule has 0 bridgehead atoms. The molecule has 0 saturated carbocycles. The predicted molar refractivity (Wildman–Crippen MR) is 106 cm³/mol. The lowest BCUT2D eigenvalue weighted by molar-refractivity contribution is 0.417. The van der Waals surface area contributed by atoms with Crippen LogP contribution >= 0.6 is 0 Å². The first-order valence-corrected chi connectivity index (χ1v) is 9.27. The number of hydrogen-bond acceptors (Lipinski definition) is 5. The first-order valence-electron chi connectivity index (χ1n) is 9.27. The number of fused-ring (bicyclic) bond motifs is 1. The zero-order valence-electron chi connectivity index (χ0n) is 15.1. The maximum atomic E-state index is 5.44. The summed E-state index contributed by atoms with van der Waals surface area (Å²) in [5, 5.41) is 4.45. The number of rotatable bonds is 4. The summed E-state index contributed by atoms with van der Waals surface area (Å²) in [6.45, 7) is 2.10. The third-order valence-electron chi connectivity index (χ3n) is 4.84. The fourth-order valence-corrected chi connectivity index (χ4v) is 3.51. The molecule has 1 aliphatic rings. The van der Waals surface area contributed by atoms with Gasteiger partial charge in [-0.15, -0.1) is 0 Å². The van der Waals surface area contributed by atoms with Gasteiger partial charge in [-0.1, -0.05) is 37.1 Å². The summed E-state index contributed by atoms with van der Waals surface area (Å²) in [5.74, 6) is 2.41. The van der Waals surface area contributed by atoms with Crippen molar-refractivity contribution in [2.24, 2.45) is 0 Å². The maximum Gasteiger partial charge on any atom is 0.229 e. The molecule has 0 spiro atoms. The van der Waals surface area contributed by atoms with Crippen LogP contribution < -0.4 is 15.0 Å². The van der Waals surface area contributed by atoms with E-state index in [2.05, 4.69) is 22.3 Å². The Morgan fingerprint density at radius 1 is 0.885 bits per heavy atom. The van der Waals surface area contributed by atoms with Crippen molar-refractivity contribution >= 4 is 28.4 Å². The SMILES string of the molecule is COc1ccccc1Nc1nc(N2CCCCCC2)c2ccccc2n1. The molecule has 0 aliphatic carbocycles. The summed E-state index contributed by atoms with van der Waals surface area (Å²) >= 11 is 0.